The Morgan fingerprint density at radius 3 is 2.24 bits per heavy atom. The Hall–Kier alpha value is -1.18. The Kier molecular flexibility index (Phi) is 8.29. The minimum Gasteiger partial charge on any atom is -0.481 e. The molecule has 100 valence electrons. The number of carboxylic acid groups (broad SMARTS) is 1. The standard InChI is InChI=1S/C10H20N2O5/c1-3-16-9(17-4-2)6-12-10(15)7(11)5-8(13)14/h7,9H,3-6,11H2,1-2H3,(H,12,15)(H,13,14). The molecule has 0 aromatic heterocycles. The molecule has 0 fully saturated rings. The molecule has 0 saturated heterocycles. The number of amides is 1. The van der Waals surface area contributed by atoms with Crippen LogP contribution in [-0.4, -0.2) is 49.1 Å². The van der Waals surface area contributed by atoms with Gasteiger partial charge in [-0.1, -0.05) is 0 Å². The number of carbonyl (C=O) groups is 2. The van der Waals surface area contributed by atoms with Gasteiger partial charge in [-0.05, 0) is 13.8 Å². The van der Waals surface area contributed by atoms with Crippen LogP contribution in [0.5, 0.6) is 0 Å². The van der Waals surface area contributed by atoms with E-state index in [9.17, 15) is 9.59 Å². The second kappa shape index (κ2) is 8.91. The van der Waals surface area contributed by atoms with E-state index in [1.165, 1.54) is 0 Å². The van der Waals surface area contributed by atoms with Crippen molar-refractivity contribution in [3.05, 3.63) is 0 Å². The summed E-state index contributed by atoms with van der Waals surface area (Å²) in [6.07, 6.45) is -0.939. The van der Waals surface area contributed by atoms with Crippen molar-refractivity contribution in [3.8, 4) is 0 Å². The largest absolute Gasteiger partial charge is 0.481 e. The summed E-state index contributed by atoms with van der Waals surface area (Å²) in [6, 6.07) is -1.06. The first-order valence-electron chi connectivity index (χ1n) is 5.49. The van der Waals surface area contributed by atoms with Crippen LogP contribution >= 0.6 is 0 Å². The zero-order valence-electron chi connectivity index (χ0n) is 10.1. The van der Waals surface area contributed by atoms with Gasteiger partial charge < -0.3 is 25.6 Å². The third-order valence-corrected chi connectivity index (χ3v) is 1.88. The number of rotatable bonds is 9. The quantitative estimate of drug-likeness (QED) is 0.465. The van der Waals surface area contributed by atoms with Gasteiger partial charge in [0.2, 0.25) is 5.91 Å². The van der Waals surface area contributed by atoms with Gasteiger partial charge in [0.15, 0.2) is 6.29 Å². The summed E-state index contributed by atoms with van der Waals surface area (Å²) in [7, 11) is 0. The zero-order valence-corrected chi connectivity index (χ0v) is 10.1. The summed E-state index contributed by atoms with van der Waals surface area (Å²) in [6.45, 7) is 4.69. The van der Waals surface area contributed by atoms with Crippen LogP contribution in [-0.2, 0) is 19.1 Å². The van der Waals surface area contributed by atoms with Gasteiger partial charge in [-0.15, -0.1) is 0 Å². The van der Waals surface area contributed by atoms with E-state index in [0.29, 0.717) is 13.2 Å². The maximum atomic E-state index is 11.4. The van der Waals surface area contributed by atoms with Crippen molar-refractivity contribution < 1.29 is 24.2 Å². The lowest BCUT2D eigenvalue weighted by atomic mass is 10.2. The van der Waals surface area contributed by atoms with Crippen molar-refractivity contribution in [2.75, 3.05) is 19.8 Å². The van der Waals surface area contributed by atoms with Crippen molar-refractivity contribution in [2.45, 2.75) is 32.6 Å². The van der Waals surface area contributed by atoms with Crippen LogP contribution < -0.4 is 11.1 Å². The SMILES string of the molecule is CCOC(CNC(=O)C(N)CC(=O)O)OCC. The molecule has 1 atom stereocenters. The van der Waals surface area contributed by atoms with Crippen LogP contribution in [0.2, 0.25) is 0 Å². The molecule has 0 spiro atoms. The smallest absolute Gasteiger partial charge is 0.305 e. The van der Waals surface area contributed by atoms with Crippen molar-refractivity contribution in [3.63, 3.8) is 0 Å². The molecule has 0 bridgehead atoms. The van der Waals surface area contributed by atoms with Gasteiger partial charge in [-0.3, -0.25) is 9.59 Å². The third-order valence-electron chi connectivity index (χ3n) is 1.88. The first kappa shape index (κ1) is 15.8. The fourth-order valence-corrected chi connectivity index (χ4v) is 1.13. The summed E-state index contributed by atoms with van der Waals surface area (Å²) in [4.78, 5) is 21.7. The van der Waals surface area contributed by atoms with Gasteiger partial charge in [0.25, 0.3) is 0 Å². The van der Waals surface area contributed by atoms with Crippen molar-refractivity contribution in [1.82, 2.24) is 5.32 Å². The lowest BCUT2D eigenvalue weighted by molar-refractivity contribution is -0.143. The number of aliphatic carboxylic acids is 1. The van der Waals surface area contributed by atoms with Gasteiger partial charge in [-0.25, -0.2) is 0 Å². The van der Waals surface area contributed by atoms with Gasteiger partial charge in [0.05, 0.1) is 19.0 Å². The van der Waals surface area contributed by atoms with Crippen LogP contribution in [0.25, 0.3) is 0 Å². The van der Waals surface area contributed by atoms with Gasteiger partial charge in [0.1, 0.15) is 0 Å². The molecule has 7 heteroatoms. The highest BCUT2D eigenvalue weighted by Crippen LogP contribution is 1.94. The minimum atomic E-state index is -1.11. The topological polar surface area (TPSA) is 111 Å². The molecule has 1 unspecified atom stereocenters. The summed E-state index contributed by atoms with van der Waals surface area (Å²) in [5.74, 6) is -1.64. The fourth-order valence-electron chi connectivity index (χ4n) is 1.13. The first-order valence-corrected chi connectivity index (χ1v) is 5.49. The van der Waals surface area contributed by atoms with Crippen LogP contribution in [0.15, 0.2) is 0 Å². The summed E-state index contributed by atoms with van der Waals surface area (Å²) >= 11 is 0. The summed E-state index contributed by atoms with van der Waals surface area (Å²) < 4.78 is 10.4. The molecule has 0 aromatic carbocycles. The molecule has 7 nitrogen and oxygen atoms in total. The second-order valence-electron chi connectivity index (χ2n) is 3.29. The highest BCUT2D eigenvalue weighted by atomic mass is 16.7. The first-order chi connectivity index (χ1) is 8.01. The number of hydrogen-bond donors (Lipinski definition) is 3. The van der Waals surface area contributed by atoms with Crippen LogP contribution in [0, 0.1) is 0 Å². The predicted molar refractivity (Wildman–Crippen MR) is 60.3 cm³/mol. The molecule has 4 N–H and O–H groups in total. The number of nitrogens with two attached hydrogens (primary N) is 1. The molecule has 0 radical (unpaired) electrons. The Labute approximate surface area is 100 Å². The Balaban J connectivity index is 3.97. The van der Waals surface area contributed by atoms with E-state index < -0.39 is 30.6 Å². The molecular formula is C10H20N2O5. The number of hydrogen-bond acceptors (Lipinski definition) is 5. The third kappa shape index (κ3) is 7.67. The fraction of sp³-hybridized carbons (Fsp3) is 0.800. The Bertz CT molecular complexity index is 241. The Morgan fingerprint density at radius 2 is 1.82 bits per heavy atom. The van der Waals surface area contributed by atoms with Crippen LogP contribution in [0.3, 0.4) is 0 Å². The average molecular weight is 248 g/mol. The molecule has 0 saturated carbocycles. The van der Waals surface area contributed by atoms with Crippen molar-refractivity contribution in [1.29, 1.82) is 0 Å². The molecule has 0 aliphatic heterocycles. The minimum absolute atomic E-state index is 0.147. The van der Waals surface area contributed by atoms with Crippen molar-refractivity contribution >= 4 is 11.9 Å². The molecule has 0 aliphatic carbocycles. The maximum absolute atomic E-state index is 11.4. The van der Waals surface area contributed by atoms with E-state index in [4.69, 9.17) is 20.3 Å². The number of carboxylic acids is 1. The van der Waals surface area contributed by atoms with Gasteiger partial charge in [-0.2, -0.15) is 0 Å². The highest BCUT2D eigenvalue weighted by molar-refractivity contribution is 5.85. The molecule has 17 heavy (non-hydrogen) atoms. The second-order valence-corrected chi connectivity index (χ2v) is 3.29. The lowest BCUT2D eigenvalue weighted by Gasteiger charge is -2.18. The summed E-state index contributed by atoms with van der Waals surface area (Å²) in [5.41, 5.74) is 5.38. The van der Waals surface area contributed by atoms with E-state index in [2.05, 4.69) is 5.32 Å². The van der Waals surface area contributed by atoms with E-state index in [0.717, 1.165) is 0 Å². The summed E-state index contributed by atoms with van der Waals surface area (Å²) in [5, 5.41) is 10.9. The van der Waals surface area contributed by atoms with Crippen LogP contribution in [0.1, 0.15) is 20.3 Å². The maximum Gasteiger partial charge on any atom is 0.305 e. The number of nitrogens with one attached hydrogen (secondary N) is 1. The number of carbonyl (C=O) groups excluding carboxylic acids is 1. The van der Waals surface area contributed by atoms with Crippen LogP contribution in [0.4, 0.5) is 0 Å². The molecule has 0 aromatic rings. The number of ether oxygens (including phenoxy) is 2. The average Bonchev–Trinajstić information content (AvgIpc) is 2.25. The monoisotopic (exact) mass is 248 g/mol. The molecule has 0 rings (SSSR count). The lowest BCUT2D eigenvalue weighted by Crippen LogP contribution is -2.45. The van der Waals surface area contributed by atoms with E-state index >= 15 is 0 Å². The highest BCUT2D eigenvalue weighted by Gasteiger charge is 2.18. The van der Waals surface area contributed by atoms with E-state index in [1.54, 1.807) is 0 Å². The van der Waals surface area contributed by atoms with Gasteiger partial charge in [0, 0.05) is 13.2 Å². The van der Waals surface area contributed by atoms with E-state index in [-0.39, 0.29) is 6.54 Å². The molecular weight excluding hydrogens is 228 g/mol. The Morgan fingerprint density at radius 1 is 1.29 bits per heavy atom. The molecule has 0 heterocycles. The van der Waals surface area contributed by atoms with Gasteiger partial charge >= 0.3 is 5.97 Å². The predicted octanol–water partition coefficient (Wildman–Crippen LogP) is -0.696. The molecule has 1 amide bonds. The van der Waals surface area contributed by atoms with Crippen molar-refractivity contribution in [2.24, 2.45) is 5.73 Å². The molecule has 0 aliphatic rings. The zero-order chi connectivity index (χ0) is 13.3. The van der Waals surface area contributed by atoms with E-state index in [1.807, 2.05) is 13.8 Å². The normalized spacial score (nSPS) is 12.5.